The number of nitrogens with zero attached hydrogens (tertiary/aromatic N) is 1. The lowest BCUT2D eigenvalue weighted by Crippen LogP contribution is -1.81. The molecule has 2 heteroatoms. The van der Waals surface area contributed by atoms with E-state index in [1.54, 1.807) is 11.3 Å². The van der Waals surface area contributed by atoms with Crippen LogP contribution in [0.5, 0.6) is 0 Å². The van der Waals surface area contributed by atoms with Gasteiger partial charge in [0.05, 0.1) is 5.69 Å². The van der Waals surface area contributed by atoms with Gasteiger partial charge in [-0.1, -0.05) is 24.3 Å². The molecule has 72 valence electrons. The smallest absolute Gasteiger partial charge is 0.124 e. The summed E-state index contributed by atoms with van der Waals surface area (Å²) in [5, 5.41) is 1.14. The van der Waals surface area contributed by atoms with E-state index in [4.69, 9.17) is 0 Å². The molecule has 0 amide bonds. The van der Waals surface area contributed by atoms with Crippen molar-refractivity contribution in [3.63, 3.8) is 0 Å². The van der Waals surface area contributed by atoms with E-state index in [-0.39, 0.29) is 0 Å². The summed E-state index contributed by atoms with van der Waals surface area (Å²) >= 11 is 1.77. The predicted molar refractivity (Wildman–Crippen MR) is 61.8 cm³/mol. The fraction of sp³-hybridized carbons (Fsp3) is 0.250. The Bertz CT molecular complexity index is 438. The summed E-state index contributed by atoms with van der Waals surface area (Å²) < 4.78 is 0. The second kappa shape index (κ2) is 3.54. The number of hydrogen-bond donors (Lipinski definition) is 0. The number of aromatic nitrogens is 1. The average Bonchev–Trinajstić information content (AvgIpc) is 2.48. The SMILES string of the molecule is Cc1ccccc1-c1nc(C)c(C)s1. The molecule has 0 saturated heterocycles. The first kappa shape index (κ1) is 9.41. The normalized spacial score (nSPS) is 10.5. The molecule has 1 aromatic carbocycles. The Kier molecular flexibility index (Phi) is 2.38. The summed E-state index contributed by atoms with van der Waals surface area (Å²) in [6, 6.07) is 8.38. The first-order valence-electron chi connectivity index (χ1n) is 4.68. The van der Waals surface area contributed by atoms with E-state index in [2.05, 4.69) is 50.0 Å². The Morgan fingerprint density at radius 3 is 2.36 bits per heavy atom. The predicted octanol–water partition coefficient (Wildman–Crippen LogP) is 3.74. The molecule has 0 saturated carbocycles. The second-order valence-corrected chi connectivity index (χ2v) is 4.68. The van der Waals surface area contributed by atoms with Crippen molar-refractivity contribution < 1.29 is 0 Å². The molecule has 0 radical (unpaired) electrons. The minimum atomic E-state index is 1.14. The molecular formula is C12H13NS. The lowest BCUT2D eigenvalue weighted by molar-refractivity contribution is 1.23. The van der Waals surface area contributed by atoms with E-state index in [0.717, 1.165) is 10.7 Å². The van der Waals surface area contributed by atoms with Crippen LogP contribution in [0.1, 0.15) is 16.1 Å². The number of rotatable bonds is 1. The summed E-state index contributed by atoms with van der Waals surface area (Å²) in [4.78, 5) is 5.87. The van der Waals surface area contributed by atoms with Gasteiger partial charge in [-0.05, 0) is 26.3 Å². The molecule has 0 aliphatic rings. The fourth-order valence-corrected chi connectivity index (χ4v) is 2.41. The summed E-state index contributed by atoms with van der Waals surface area (Å²) in [5.41, 5.74) is 3.70. The van der Waals surface area contributed by atoms with Gasteiger partial charge in [-0.15, -0.1) is 11.3 Å². The Morgan fingerprint density at radius 1 is 1.07 bits per heavy atom. The van der Waals surface area contributed by atoms with E-state index >= 15 is 0 Å². The van der Waals surface area contributed by atoms with Gasteiger partial charge in [0, 0.05) is 10.4 Å². The molecule has 0 N–H and O–H groups in total. The first-order valence-corrected chi connectivity index (χ1v) is 5.50. The standard InChI is InChI=1S/C12H13NS/c1-8-6-4-5-7-11(8)12-13-9(2)10(3)14-12/h4-7H,1-3H3. The number of benzene rings is 1. The molecule has 14 heavy (non-hydrogen) atoms. The molecule has 1 aromatic heterocycles. The summed E-state index contributed by atoms with van der Waals surface area (Å²) in [7, 11) is 0. The maximum atomic E-state index is 4.56. The van der Waals surface area contributed by atoms with E-state index in [9.17, 15) is 0 Å². The largest absolute Gasteiger partial charge is 0.241 e. The van der Waals surface area contributed by atoms with Crippen LogP contribution >= 0.6 is 11.3 Å². The summed E-state index contributed by atoms with van der Waals surface area (Å²) in [5.74, 6) is 0. The third-order valence-electron chi connectivity index (χ3n) is 2.40. The molecule has 2 aromatic rings. The van der Waals surface area contributed by atoms with E-state index < -0.39 is 0 Å². The van der Waals surface area contributed by atoms with Crippen LogP contribution in [-0.2, 0) is 0 Å². The van der Waals surface area contributed by atoms with Gasteiger partial charge in [-0.3, -0.25) is 0 Å². The fourth-order valence-electron chi connectivity index (χ4n) is 1.40. The third-order valence-corrected chi connectivity index (χ3v) is 3.51. The molecule has 2 rings (SSSR count). The van der Waals surface area contributed by atoms with Crippen molar-refractivity contribution in [3.05, 3.63) is 40.4 Å². The summed E-state index contributed by atoms with van der Waals surface area (Å²) in [6.45, 7) is 6.31. The lowest BCUT2D eigenvalue weighted by atomic mass is 10.1. The molecule has 0 atom stereocenters. The van der Waals surface area contributed by atoms with Gasteiger partial charge < -0.3 is 0 Å². The maximum Gasteiger partial charge on any atom is 0.124 e. The zero-order valence-electron chi connectivity index (χ0n) is 8.66. The van der Waals surface area contributed by atoms with Crippen LogP contribution in [0.3, 0.4) is 0 Å². The van der Waals surface area contributed by atoms with Crippen LogP contribution in [0, 0.1) is 20.8 Å². The Labute approximate surface area is 88.4 Å². The zero-order valence-corrected chi connectivity index (χ0v) is 9.48. The monoisotopic (exact) mass is 203 g/mol. The molecular weight excluding hydrogens is 190 g/mol. The van der Waals surface area contributed by atoms with E-state index in [0.29, 0.717) is 0 Å². The van der Waals surface area contributed by atoms with Gasteiger partial charge in [-0.25, -0.2) is 4.98 Å². The van der Waals surface area contributed by atoms with Crippen molar-refractivity contribution in [2.75, 3.05) is 0 Å². The van der Waals surface area contributed by atoms with Gasteiger partial charge >= 0.3 is 0 Å². The highest BCUT2D eigenvalue weighted by Crippen LogP contribution is 2.29. The third kappa shape index (κ3) is 1.58. The van der Waals surface area contributed by atoms with Crippen molar-refractivity contribution in [3.8, 4) is 10.6 Å². The molecule has 1 heterocycles. The number of thiazole rings is 1. The Hall–Kier alpha value is -1.15. The Morgan fingerprint density at radius 2 is 1.79 bits per heavy atom. The maximum absolute atomic E-state index is 4.56. The molecule has 1 nitrogen and oxygen atoms in total. The molecule has 0 aliphatic heterocycles. The van der Waals surface area contributed by atoms with Crippen molar-refractivity contribution in [2.45, 2.75) is 20.8 Å². The zero-order chi connectivity index (χ0) is 10.1. The number of hydrogen-bond acceptors (Lipinski definition) is 2. The van der Waals surface area contributed by atoms with E-state index in [1.807, 2.05) is 0 Å². The van der Waals surface area contributed by atoms with Gasteiger partial charge in [0.15, 0.2) is 0 Å². The van der Waals surface area contributed by atoms with Gasteiger partial charge in [0.2, 0.25) is 0 Å². The van der Waals surface area contributed by atoms with Crippen LogP contribution in [0.25, 0.3) is 10.6 Å². The van der Waals surface area contributed by atoms with Crippen LogP contribution in [-0.4, -0.2) is 4.98 Å². The molecule has 0 unspecified atom stereocenters. The van der Waals surface area contributed by atoms with Gasteiger partial charge in [-0.2, -0.15) is 0 Å². The highest BCUT2D eigenvalue weighted by atomic mass is 32.1. The topological polar surface area (TPSA) is 12.9 Å². The van der Waals surface area contributed by atoms with Crippen molar-refractivity contribution in [2.24, 2.45) is 0 Å². The quantitative estimate of drug-likeness (QED) is 0.688. The van der Waals surface area contributed by atoms with Gasteiger partial charge in [0.25, 0.3) is 0 Å². The minimum absolute atomic E-state index is 1.14. The number of aryl methyl sites for hydroxylation is 3. The molecule has 0 fully saturated rings. The average molecular weight is 203 g/mol. The van der Waals surface area contributed by atoms with Crippen molar-refractivity contribution >= 4 is 11.3 Å². The minimum Gasteiger partial charge on any atom is -0.241 e. The molecule has 0 spiro atoms. The van der Waals surface area contributed by atoms with Crippen molar-refractivity contribution in [1.82, 2.24) is 4.98 Å². The van der Waals surface area contributed by atoms with Crippen LogP contribution in [0.4, 0.5) is 0 Å². The lowest BCUT2D eigenvalue weighted by Gasteiger charge is -1.99. The van der Waals surface area contributed by atoms with Gasteiger partial charge in [0.1, 0.15) is 5.01 Å². The summed E-state index contributed by atoms with van der Waals surface area (Å²) in [6.07, 6.45) is 0. The molecule has 0 bridgehead atoms. The second-order valence-electron chi connectivity index (χ2n) is 3.48. The highest BCUT2D eigenvalue weighted by molar-refractivity contribution is 7.15. The molecule has 0 aliphatic carbocycles. The van der Waals surface area contributed by atoms with Crippen molar-refractivity contribution in [1.29, 1.82) is 0 Å². The van der Waals surface area contributed by atoms with Crippen LogP contribution in [0.2, 0.25) is 0 Å². The van der Waals surface area contributed by atoms with Crippen LogP contribution < -0.4 is 0 Å². The van der Waals surface area contributed by atoms with Crippen LogP contribution in [0.15, 0.2) is 24.3 Å². The van der Waals surface area contributed by atoms with E-state index in [1.165, 1.54) is 16.0 Å². The Balaban J connectivity index is 2.55. The highest BCUT2D eigenvalue weighted by Gasteiger charge is 2.07. The first-order chi connectivity index (χ1) is 6.68.